The average molecular weight is 291 g/mol. The Morgan fingerprint density at radius 1 is 1.32 bits per heavy atom. The van der Waals surface area contributed by atoms with Crippen LogP contribution in [0.5, 0.6) is 0 Å². The fourth-order valence-electron chi connectivity index (χ4n) is 1.48. The molecule has 0 radical (unpaired) electrons. The van der Waals surface area contributed by atoms with E-state index in [1.807, 2.05) is 0 Å². The number of nitrogens with zero attached hydrogens (tertiary/aromatic N) is 1. The number of carbonyl (C=O) groups excluding carboxylic acids is 1. The largest absolute Gasteiger partial charge is 0.396 e. The maximum Gasteiger partial charge on any atom is 0.321 e. The number of urea groups is 1. The molecule has 1 aromatic rings. The quantitative estimate of drug-likeness (QED) is 0.746. The third-order valence-electron chi connectivity index (χ3n) is 2.42. The molecule has 0 saturated carbocycles. The van der Waals surface area contributed by atoms with E-state index in [0.29, 0.717) is 18.7 Å². The van der Waals surface area contributed by atoms with Gasteiger partial charge in [0.05, 0.1) is 17.3 Å². The Morgan fingerprint density at radius 2 is 2.05 bits per heavy atom. The average Bonchev–Trinajstić information content (AvgIpc) is 2.37. The minimum Gasteiger partial charge on any atom is -0.396 e. The van der Waals surface area contributed by atoms with Crippen molar-refractivity contribution in [3.05, 3.63) is 29.0 Å². The van der Waals surface area contributed by atoms with Crippen LogP contribution in [0, 0.1) is 5.82 Å². The normalized spacial score (nSPS) is 10.3. The van der Waals surface area contributed by atoms with Crippen molar-refractivity contribution < 1.29 is 19.4 Å². The van der Waals surface area contributed by atoms with Gasteiger partial charge in [-0.05, 0) is 24.6 Å². The highest BCUT2D eigenvalue weighted by Crippen LogP contribution is 2.22. The van der Waals surface area contributed by atoms with E-state index >= 15 is 0 Å². The molecule has 0 saturated heterocycles. The second-order valence-corrected chi connectivity index (χ2v) is 4.25. The molecule has 1 rings (SSSR count). The highest BCUT2D eigenvalue weighted by molar-refractivity contribution is 6.33. The van der Waals surface area contributed by atoms with Crippen molar-refractivity contribution in [2.75, 3.05) is 31.6 Å². The predicted octanol–water partition coefficient (Wildman–Crippen LogP) is 1.69. The SMILES string of the molecule is O=C(Nc1ccc(F)cc1Cl)N(CCO)CCCO. The lowest BCUT2D eigenvalue weighted by molar-refractivity contribution is 0.180. The first kappa shape index (κ1) is 15.7. The summed E-state index contributed by atoms with van der Waals surface area (Å²) in [6.07, 6.45) is 0.407. The Kier molecular flexibility index (Phi) is 6.55. The number of carbonyl (C=O) groups is 1. The Hall–Kier alpha value is -1.37. The fraction of sp³-hybridized carbons (Fsp3) is 0.417. The zero-order valence-corrected chi connectivity index (χ0v) is 11.0. The van der Waals surface area contributed by atoms with Gasteiger partial charge in [-0.25, -0.2) is 9.18 Å². The summed E-state index contributed by atoms with van der Waals surface area (Å²) in [6.45, 7) is 0.217. The second-order valence-electron chi connectivity index (χ2n) is 3.84. The molecule has 106 valence electrons. The molecule has 0 aliphatic carbocycles. The van der Waals surface area contributed by atoms with E-state index in [1.54, 1.807) is 0 Å². The zero-order valence-electron chi connectivity index (χ0n) is 10.3. The van der Waals surface area contributed by atoms with E-state index in [9.17, 15) is 9.18 Å². The third kappa shape index (κ3) is 5.02. The van der Waals surface area contributed by atoms with Crippen LogP contribution in [0.2, 0.25) is 5.02 Å². The molecule has 19 heavy (non-hydrogen) atoms. The molecule has 0 fully saturated rings. The number of aliphatic hydroxyl groups excluding tert-OH is 2. The lowest BCUT2D eigenvalue weighted by atomic mass is 10.3. The topological polar surface area (TPSA) is 72.8 Å². The van der Waals surface area contributed by atoms with Gasteiger partial charge in [0, 0.05) is 19.7 Å². The first-order chi connectivity index (χ1) is 9.08. The van der Waals surface area contributed by atoms with Gasteiger partial charge in [0.25, 0.3) is 0 Å². The molecule has 0 unspecified atom stereocenters. The highest BCUT2D eigenvalue weighted by atomic mass is 35.5. The Balaban J connectivity index is 2.69. The van der Waals surface area contributed by atoms with E-state index in [-0.39, 0.29) is 24.8 Å². The van der Waals surface area contributed by atoms with Gasteiger partial charge in [-0.15, -0.1) is 0 Å². The van der Waals surface area contributed by atoms with Crippen LogP contribution in [0.3, 0.4) is 0 Å². The number of benzene rings is 1. The first-order valence-corrected chi connectivity index (χ1v) is 6.19. The highest BCUT2D eigenvalue weighted by Gasteiger charge is 2.14. The van der Waals surface area contributed by atoms with E-state index in [4.69, 9.17) is 21.8 Å². The summed E-state index contributed by atoms with van der Waals surface area (Å²) in [5.41, 5.74) is 0.292. The summed E-state index contributed by atoms with van der Waals surface area (Å²) in [5, 5.41) is 20.3. The summed E-state index contributed by atoms with van der Waals surface area (Å²) in [5.74, 6) is -0.490. The molecule has 5 nitrogen and oxygen atoms in total. The van der Waals surface area contributed by atoms with Crippen LogP contribution in [0.4, 0.5) is 14.9 Å². The number of amides is 2. The van der Waals surface area contributed by atoms with Gasteiger partial charge >= 0.3 is 6.03 Å². The van der Waals surface area contributed by atoms with Crippen LogP contribution in [0.15, 0.2) is 18.2 Å². The van der Waals surface area contributed by atoms with Crippen molar-refractivity contribution in [1.82, 2.24) is 4.90 Å². The van der Waals surface area contributed by atoms with Gasteiger partial charge in [0.2, 0.25) is 0 Å². The Morgan fingerprint density at radius 3 is 2.63 bits per heavy atom. The Bertz CT molecular complexity index is 431. The van der Waals surface area contributed by atoms with Crippen LogP contribution in [-0.4, -0.2) is 47.4 Å². The predicted molar refractivity (Wildman–Crippen MR) is 70.8 cm³/mol. The van der Waals surface area contributed by atoms with Crippen molar-refractivity contribution in [2.24, 2.45) is 0 Å². The van der Waals surface area contributed by atoms with Crippen LogP contribution in [-0.2, 0) is 0 Å². The molecule has 7 heteroatoms. The number of nitrogens with one attached hydrogen (secondary N) is 1. The fourth-order valence-corrected chi connectivity index (χ4v) is 1.70. The molecule has 0 aliphatic heterocycles. The molecule has 2 amide bonds. The second kappa shape index (κ2) is 7.93. The number of aliphatic hydroxyl groups is 2. The molecule has 0 bridgehead atoms. The summed E-state index contributed by atoms with van der Waals surface area (Å²) in [6, 6.07) is 3.18. The van der Waals surface area contributed by atoms with Gasteiger partial charge in [-0.2, -0.15) is 0 Å². The molecular formula is C12H16ClFN2O3. The van der Waals surface area contributed by atoms with E-state index in [1.165, 1.54) is 17.0 Å². The number of hydrogen-bond acceptors (Lipinski definition) is 3. The van der Waals surface area contributed by atoms with Crippen LogP contribution >= 0.6 is 11.6 Å². The van der Waals surface area contributed by atoms with Crippen LogP contribution in [0.1, 0.15) is 6.42 Å². The van der Waals surface area contributed by atoms with Gasteiger partial charge in [-0.1, -0.05) is 11.6 Å². The number of hydrogen-bond donors (Lipinski definition) is 3. The van der Waals surface area contributed by atoms with Gasteiger partial charge in [0.15, 0.2) is 0 Å². The molecule has 1 aromatic carbocycles. The van der Waals surface area contributed by atoms with Crippen LogP contribution < -0.4 is 5.32 Å². The number of rotatable bonds is 6. The molecule has 0 aromatic heterocycles. The summed E-state index contributed by atoms with van der Waals surface area (Å²) >= 11 is 5.80. The molecule has 0 atom stereocenters. The smallest absolute Gasteiger partial charge is 0.321 e. The zero-order chi connectivity index (χ0) is 14.3. The van der Waals surface area contributed by atoms with Gasteiger partial charge in [-0.3, -0.25) is 0 Å². The minimum atomic E-state index is -0.490. The lowest BCUT2D eigenvalue weighted by Crippen LogP contribution is -2.38. The van der Waals surface area contributed by atoms with E-state index < -0.39 is 11.8 Å². The molecular weight excluding hydrogens is 275 g/mol. The van der Waals surface area contributed by atoms with Crippen molar-refractivity contribution in [1.29, 1.82) is 0 Å². The summed E-state index contributed by atoms with van der Waals surface area (Å²) in [7, 11) is 0. The van der Waals surface area contributed by atoms with Gasteiger partial charge < -0.3 is 20.4 Å². The lowest BCUT2D eigenvalue weighted by Gasteiger charge is -2.22. The molecule has 3 N–H and O–H groups in total. The van der Waals surface area contributed by atoms with E-state index in [0.717, 1.165) is 6.07 Å². The molecule has 0 aliphatic rings. The minimum absolute atomic E-state index is 0.0491. The third-order valence-corrected chi connectivity index (χ3v) is 2.73. The van der Waals surface area contributed by atoms with Crippen molar-refractivity contribution in [2.45, 2.75) is 6.42 Å². The maximum atomic E-state index is 12.9. The Labute approximate surface area is 115 Å². The van der Waals surface area contributed by atoms with Crippen molar-refractivity contribution in [3.8, 4) is 0 Å². The number of halogens is 2. The first-order valence-electron chi connectivity index (χ1n) is 5.81. The molecule has 0 heterocycles. The van der Waals surface area contributed by atoms with Gasteiger partial charge in [0.1, 0.15) is 5.82 Å². The van der Waals surface area contributed by atoms with E-state index in [2.05, 4.69) is 5.32 Å². The standard InChI is InChI=1S/C12H16ClFN2O3/c13-10-8-9(14)2-3-11(10)15-12(19)16(5-7-18)4-1-6-17/h2-3,8,17-18H,1,4-7H2,(H,15,19). The van der Waals surface area contributed by atoms with Crippen molar-refractivity contribution in [3.63, 3.8) is 0 Å². The maximum absolute atomic E-state index is 12.9. The number of anilines is 1. The summed E-state index contributed by atoms with van der Waals surface area (Å²) in [4.78, 5) is 13.3. The van der Waals surface area contributed by atoms with Crippen LogP contribution in [0.25, 0.3) is 0 Å². The molecule has 0 spiro atoms. The summed E-state index contributed by atoms with van der Waals surface area (Å²) < 4.78 is 12.9. The van der Waals surface area contributed by atoms with Crippen molar-refractivity contribution >= 4 is 23.3 Å². The monoisotopic (exact) mass is 290 g/mol.